The van der Waals surface area contributed by atoms with Crippen molar-refractivity contribution in [3.8, 4) is 44.5 Å². The van der Waals surface area contributed by atoms with E-state index >= 15 is 0 Å². The van der Waals surface area contributed by atoms with Gasteiger partial charge in [0.15, 0.2) is 0 Å². The first-order valence-electron chi connectivity index (χ1n) is 19.7. The molecule has 0 amide bonds. The Morgan fingerprint density at radius 3 is 1.33 bits per heavy atom. The second-order valence-electron chi connectivity index (χ2n) is 15.1. The van der Waals surface area contributed by atoms with Gasteiger partial charge in [0.05, 0.1) is 0 Å². The zero-order valence-electron chi connectivity index (χ0n) is 31.0. The van der Waals surface area contributed by atoms with Crippen molar-refractivity contribution in [2.24, 2.45) is 0 Å². The molecule has 11 aromatic carbocycles. The molecule has 0 aliphatic carbocycles. The van der Waals surface area contributed by atoms with Crippen molar-refractivity contribution < 1.29 is 4.42 Å². The molecule has 0 radical (unpaired) electrons. The molecule has 1 aromatic heterocycles. The van der Waals surface area contributed by atoms with Crippen molar-refractivity contribution in [3.63, 3.8) is 0 Å². The number of hydrogen-bond acceptors (Lipinski definition) is 1. The van der Waals surface area contributed by atoms with E-state index in [-0.39, 0.29) is 0 Å². The van der Waals surface area contributed by atoms with Crippen LogP contribution in [0, 0.1) is 0 Å². The van der Waals surface area contributed by atoms with Gasteiger partial charge in [-0.3, -0.25) is 0 Å². The van der Waals surface area contributed by atoms with Crippen LogP contribution in [-0.4, -0.2) is 0 Å². The first-order chi connectivity index (χ1) is 28.3. The largest absolute Gasteiger partial charge is 0.455 e. The van der Waals surface area contributed by atoms with Crippen LogP contribution < -0.4 is 0 Å². The van der Waals surface area contributed by atoms with E-state index in [1.54, 1.807) is 0 Å². The summed E-state index contributed by atoms with van der Waals surface area (Å²) in [4.78, 5) is 0. The lowest BCUT2D eigenvalue weighted by atomic mass is 9.84. The van der Waals surface area contributed by atoms with Crippen LogP contribution in [0.5, 0.6) is 0 Å². The lowest BCUT2D eigenvalue weighted by Gasteiger charge is -2.19. The minimum atomic E-state index is 0.919. The van der Waals surface area contributed by atoms with Crippen LogP contribution in [0.3, 0.4) is 0 Å². The van der Waals surface area contributed by atoms with Gasteiger partial charge in [-0.2, -0.15) is 0 Å². The lowest BCUT2D eigenvalue weighted by Crippen LogP contribution is -1.91. The Morgan fingerprint density at radius 2 is 0.667 bits per heavy atom. The molecule has 1 heterocycles. The van der Waals surface area contributed by atoms with E-state index in [2.05, 4.69) is 200 Å². The Labute approximate surface area is 329 Å². The molecule has 12 rings (SSSR count). The topological polar surface area (TPSA) is 13.1 Å². The maximum Gasteiger partial charge on any atom is 0.143 e. The van der Waals surface area contributed by atoms with Gasteiger partial charge in [-0.1, -0.05) is 182 Å². The smallest absolute Gasteiger partial charge is 0.143 e. The standard InChI is InChI=1S/C56H34O/c1-2-13-35(14-3-1)38-15-12-16-39(33-38)36-25-27-37(28-26-36)53-44-20-6-8-22-46(44)54(47-23-9-7-21-45(47)53)40-29-30-49-51(34-40)42-18-5-4-17-41(42)48-31-32-50-43-19-10-11-24-52(43)57-56(50)55(48)49/h1-34H. The summed E-state index contributed by atoms with van der Waals surface area (Å²) in [6, 6.07) is 75.2. The van der Waals surface area contributed by atoms with Crippen molar-refractivity contribution in [1.82, 2.24) is 0 Å². The molecule has 0 atom stereocenters. The van der Waals surface area contributed by atoms with Crippen LogP contribution in [0.1, 0.15) is 0 Å². The van der Waals surface area contributed by atoms with Crippen molar-refractivity contribution in [3.05, 3.63) is 206 Å². The molecule has 1 heteroatoms. The monoisotopic (exact) mass is 722 g/mol. The molecule has 0 aliphatic rings. The highest BCUT2D eigenvalue weighted by atomic mass is 16.3. The summed E-state index contributed by atoms with van der Waals surface area (Å²) in [6.45, 7) is 0. The fourth-order valence-electron chi connectivity index (χ4n) is 9.46. The van der Waals surface area contributed by atoms with Gasteiger partial charge < -0.3 is 4.42 Å². The highest BCUT2D eigenvalue weighted by Gasteiger charge is 2.20. The van der Waals surface area contributed by atoms with Gasteiger partial charge in [0.25, 0.3) is 0 Å². The molecular formula is C56H34O. The van der Waals surface area contributed by atoms with E-state index in [1.165, 1.54) is 98.4 Å². The molecular weight excluding hydrogens is 689 g/mol. The number of para-hydroxylation sites is 1. The minimum absolute atomic E-state index is 0.919. The van der Waals surface area contributed by atoms with E-state index in [4.69, 9.17) is 4.42 Å². The van der Waals surface area contributed by atoms with Gasteiger partial charge >= 0.3 is 0 Å². The fourth-order valence-corrected chi connectivity index (χ4v) is 9.46. The summed E-state index contributed by atoms with van der Waals surface area (Å²) in [5.74, 6) is 0. The number of fused-ring (bicyclic) bond motifs is 12. The molecule has 0 N–H and O–H groups in total. The molecule has 0 unspecified atom stereocenters. The molecule has 0 saturated heterocycles. The van der Waals surface area contributed by atoms with E-state index < -0.39 is 0 Å². The van der Waals surface area contributed by atoms with Crippen molar-refractivity contribution in [2.45, 2.75) is 0 Å². The van der Waals surface area contributed by atoms with Gasteiger partial charge in [-0.25, -0.2) is 0 Å². The van der Waals surface area contributed by atoms with Crippen LogP contribution in [0.15, 0.2) is 211 Å². The lowest BCUT2D eigenvalue weighted by molar-refractivity contribution is 0.673. The summed E-state index contributed by atoms with van der Waals surface area (Å²) < 4.78 is 6.66. The Balaban J connectivity index is 1.07. The highest BCUT2D eigenvalue weighted by molar-refractivity contribution is 6.33. The van der Waals surface area contributed by atoms with Crippen molar-refractivity contribution >= 4 is 75.8 Å². The van der Waals surface area contributed by atoms with Crippen LogP contribution in [0.4, 0.5) is 0 Å². The first kappa shape index (κ1) is 31.8. The van der Waals surface area contributed by atoms with Gasteiger partial charge in [0, 0.05) is 16.2 Å². The molecule has 0 fully saturated rings. The maximum atomic E-state index is 6.66. The van der Waals surface area contributed by atoms with E-state index in [9.17, 15) is 0 Å². The van der Waals surface area contributed by atoms with E-state index in [0.717, 1.165) is 21.9 Å². The Hall–Kier alpha value is -7.48. The molecule has 57 heavy (non-hydrogen) atoms. The average Bonchev–Trinajstić information content (AvgIpc) is 3.67. The predicted molar refractivity (Wildman–Crippen MR) is 243 cm³/mol. The van der Waals surface area contributed by atoms with E-state index in [1.807, 2.05) is 6.07 Å². The Bertz CT molecular complexity index is 3500. The normalized spacial score (nSPS) is 11.9. The Kier molecular flexibility index (Phi) is 7.00. The summed E-state index contributed by atoms with van der Waals surface area (Å²) in [5.41, 5.74) is 11.7. The number of hydrogen-bond donors (Lipinski definition) is 0. The molecule has 1 nitrogen and oxygen atoms in total. The molecule has 0 saturated carbocycles. The van der Waals surface area contributed by atoms with Crippen LogP contribution >= 0.6 is 0 Å². The van der Waals surface area contributed by atoms with Gasteiger partial charge in [-0.05, 0) is 117 Å². The maximum absolute atomic E-state index is 6.66. The van der Waals surface area contributed by atoms with Crippen molar-refractivity contribution in [1.29, 1.82) is 0 Å². The number of furan rings is 1. The van der Waals surface area contributed by atoms with Gasteiger partial charge in [-0.15, -0.1) is 0 Å². The van der Waals surface area contributed by atoms with Crippen LogP contribution in [0.2, 0.25) is 0 Å². The third-order valence-electron chi connectivity index (χ3n) is 12.0. The predicted octanol–water partition coefficient (Wildman–Crippen LogP) is 16.0. The highest BCUT2D eigenvalue weighted by Crippen LogP contribution is 2.47. The summed E-state index contributed by atoms with van der Waals surface area (Å²) >= 11 is 0. The summed E-state index contributed by atoms with van der Waals surface area (Å²) in [6.07, 6.45) is 0. The number of benzene rings is 11. The van der Waals surface area contributed by atoms with Gasteiger partial charge in [0.2, 0.25) is 0 Å². The summed E-state index contributed by atoms with van der Waals surface area (Å²) in [5, 5.41) is 14.6. The Morgan fingerprint density at radius 1 is 0.228 bits per heavy atom. The third kappa shape index (κ3) is 4.89. The quantitative estimate of drug-likeness (QED) is 0.130. The van der Waals surface area contributed by atoms with Gasteiger partial charge in [0.1, 0.15) is 11.2 Å². The van der Waals surface area contributed by atoms with E-state index in [0.29, 0.717) is 0 Å². The minimum Gasteiger partial charge on any atom is -0.455 e. The first-order valence-corrected chi connectivity index (χ1v) is 19.7. The second-order valence-corrected chi connectivity index (χ2v) is 15.1. The van der Waals surface area contributed by atoms with Crippen LogP contribution in [0.25, 0.3) is 120 Å². The fraction of sp³-hybridized carbons (Fsp3) is 0. The molecule has 0 spiro atoms. The second kappa shape index (κ2) is 12.5. The van der Waals surface area contributed by atoms with Crippen molar-refractivity contribution in [2.75, 3.05) is 0 Å². The SMILES string of the molecule is c1ccc(-c2cccc(-c3ccc(-c4c5ccccc5c(-c5ccc6c(c5)c5ccccc5c5ccc7c8ccccc8oc7c56)c5ccccc45)cc3)c2)cc1. The van der Waals surface area contributed by atoms with Crippen LogP contribution in [-0.2, 0) is 0 Å². The summed E-state index contributed by atoms with van der Waals surface area (Å²) in [7, 11) is 0. The zero-order chi connectivity index (χ0) is 37.5. The molecule has 12 aromatic rings. The molecule has 0 aliphatic heterocycles. The number of rotatable bonds is 4. The molecule has 264 valence electrons. The molecule has 0 bridgehead atoms. The zero-order valence-corrected chi connectivity index (χ0v) is 31.0. The average molecular weight is 723 g/mol. The third-order valence-corrected chi connectivity index (χ3v) is 12.0.